The number of hydrogen-bond acceptors (Lipinski definition) is 3. The quantitative estimate of drug-likeness (QED) is 0.765. The maximum absolute atomic E-state index is 12.4. The second kappa shape index (κ2) is 6.85. The summed E-state index contributed by atoms with van der Waals surface area (Å²) >= 11 is 12.2. The Balaban J connectivity index is 1.57. The van der Waals surface area contributed by atoms with Crippen LogP contribution in [0, 0.1) is 0 Å². The van der Waals surface area contributed by atoms with Gasteiger partial charge in [0, 0.05) is 24.9 Å². The Bertz CT molecular complexity index is 746. The molecule has 0 radical (unpaired) electrons. The largest absolute Gasteiger partial charge is 0.478 e. The van der Waals surface area contributed by atoms with Crippen molar-refractivity contribution in [2.24, 2.45) is 0 Å². The topological polar surface area (TPSA) is 51.2 Å². The van der Waals surface area contributed by atoms with E-state index in [4.69, 9.17) is 27.9 Å². The second-order valence-electron chi connectivity index (χ2n) is 6.74. The first kappa shape index (κ1) is 18.0. The van der Waals surface area contributed by atoms with Gasteiger partial charge in [-0.3, -0.25) is 9.78 Å². The summed E-state index contributed by atoms with van der Waals surface area (Å²) < 4.78 is 5.22. The molecule has 1 atom stereocenters. The van der Waals surface area contributed by atoms with Gasteiger partial charge in [-0.25, -0.2) is 0 Å². The van der Waals surface area contributed by atoms with E-state index in [-0.39, 0.29) is 11.8 Å². The van der Waals surface area contributed by atoms with Crippen LogP contribution in [0.4, 0.5) is 0 Å². The highest BCUT2D eigenvalue weighted by Gasteiger charge is 2.52. The van der Waals surface area contributed by atoms with Crippen LogP contribution in [0.25, 0.3) is 0 Å². The zero-order valence-corrected chi connectivity index (χ0v) is 15.6. The van der Waals surface area contributed by atoms with Crippen LogP contribution in [-0.2, 0) is 11.3 Å². The first-order chi connectivity index (χ1) is 11.8. The van der Waals surface area contributed by atoms with Crippen molar-refractivity contribution in [3.05, 3.63) is 59.9 Å². The predicted molar refractivity (Wildman–Crippen MR) is 99.0 cm³/mol. The summed E-state index contributed by atoms with van der Waals surface area (Å²) in [5.74, 6) is 0.612. The molecular weight excluding hydrogens is 359 g/mol. The maximum Gasteiger partial charge on any atom is 0.263 e. The SMILES string of the molecule is CC(C)(Oc1ccc([C@@H]2CC2(Cl)Cl)cc1)C(=O)NCc1ccncc1. The number of nitrogens with zero attached hydrogens (tertiary/aromatic N) is 1. The van der Waals surface area contributed by atoms with Gasteiger partial charge in [0.2, 0.25) is 0 Å². The molecule has 1 aromatic heterocycles. The Hall–Kier alpha value is -1.78. The Morgan fingerprint density at radius 3 is 2.40 bits per heavy atom. The highest BCUT2D eigenvalue weighted by molar-refractivity contribution is 6.51. The van der Waals surface area contributed by atoms with E-state index in [1.165, 1.54) is 0 Å². The Morgan fingerprint density at radius 1 is 1.24 bits per heavy atom. The second-order valence-corrected chi connectivity index (χ2v) is 8.28. The molecule has 1 fully saturated rings. The molecule has 1 aliphatic carbocycles. The molecular formula is C19H20Cl2N2O2. The number of halogens is 2. The molecule has 1 aromatic carbocycles. The van der Waals surface area contributed by atoms with Crippen LogP contribution in [0.3, 0.4) is 0 Å². The Morgan fingerprint density at radius 2 is 1.84 bits per heavy atom. The Kier molecular flexibility index (Phi) is 4.94. The molecule has 2 aromatic rings. The van der Waals surface area contributed by atoms with E-state index < -0.39 is 9.93 Å². The van der Waals surface area contributed by atoms with Gasteiger partial charge in [0.15, 0.2) is 5.60 Å². The fourth-order valence-electron chi connectivity index (χ4n) is 2.58. The number of aromatic nitrogens is 1. The minimum Gasteiger partial charge on any atom is -0.478 e. The van der Waals surface area contributed by atoms with E-state index in [1.54, 1.807) is 26.2 Å². The van der Waals surface area contributed by atoms with Crippen LogP contribution < -0.4 is 10.1 Å². The fourth-order valence-corrected chi connectivity index (χ4v) is 3.14. The summed E-state index contributed by atoms with van der Waals surface area (Å²) in [6, 6.07) is 11.3. The zero-order chi connectivity index (χ0) is 18.1. The minimum atomic E-state index is -0.989. The van der Waals surface area contributed by atoms with Crippen LogP contribution >= 0.6 is 23.2 Å². The summed E-state index contributed by atoms with van der Waals surface area (Å²) in [6.45, 7) is 3.92. The third-order valence-corrected chi connectivity index (χ3v) is 5.07. The van der Waals surface area contributed by atoms with E-state index in [0.29, 0.717) is 12.3 Å². The number of hydrogen-bond donors (Lipinski definition) is 1. The van der Waals surface area contributed by atoms with E-state index in [9.17, 15) is 4.79 Å². The van der Waals surface area contributed by atoms with E-state index >= 15 is 0 Å². The van der Waals surface area contributed by atoms with Gasteiger partial charge in [-0.05, 0) is 55.7 Å². The molecule has 0 saturated heterocycles. The number of carbonyl (C=O) groups is 1. The molecule has 0 aliphatic heterocycles. The van der Waals surface area contributed by atoms with Crippen molar-refractivity contribution < 1.29 is 9.53 Å². The lowest BCUT2D eigenvalue weighted by Gasteiger charge is -2.25. The molecule has 1 amide bonds. The molecule has 132 valence electrons. The van der Waals surface area contributed by atoms with Crippen molar-refractivity contribution in [2.75, 3.05) is 0 Å². The summed E-state index contributed by atoms with van der Waals surface area (Å²) in [5.41, 5.74) is 1.08. The van der Waals surface area contributed by atoms with Crippen molar-refractivity contribution in [3.8, 4) is 5.75 Å². The van der Waals surface area contributed by atoms with Crippen molar-refractivity contribution in [1.82, 2.24) is 10.3 Å². The molecule has 0 spiro atoms. The van der Waals surface area contributed by atoms with Gasteiger partial charge in [0.25, 0.3) is 5.91 Å². The molecule has 1 N–H and O–H groups in total. The van der Waals surface area contributed by atoms with Crippen molar-refractivity contribution in [2.45, 2.75) is 42.7 Å². The average molecular weight is 379 g/mol. The van der Waals surface area contributed by atoms with Gasteiger partial charge >= 0.3 is 0 Å². The van der Waals surface area contributed by atoms with Crippen LogP contribution in [0.2, 0.25) is 0 Å². The van der Waals surface area contributed by atoms with Gasteiger partial charge in [0.1, 0.15) is 10.1 Å². The molecule has 3 rings (SSSR count). The third-order valence-electron chi connectivity index (χ3n) is 4.23. The normalized spacial score (nSPS) is 18.5. The highest BCUT2D eigenvalue weighted by atomic mass is 35.5. The summed E-state index contributed by atoms with van der Waals surface area (Å²) in [7, 11) is 0. The summed E-state index contributed by atoms with van der Waals surface area (Å²) in [5, 5.41) is 2.88. The molecule has 1 aliphatic rings. The number of rotatable bonds is 6. The van der Waals surface area contributed by atoms with E-state index in [1.807, 2.05) is 36.4 Å². The number of alkyl halides is 2. The molecule has 6 heteroatoms. The van der Waals surface area contributed by atoms with Gasteiger partial charge in [-0.2, -0.15) is 0 Å². The first-order valence-electron chi connectivity index (χ1n) is 8.12. The lowest BCUT2D eigenvalue weighted by atomic mass is 10.1. The Labute approximate surface area is 157 Å². The van der Waals surface area contributed by atoms with E-state index in [2.05, 4.69) is 10.3 Å². The van der Waals surface area contributed by atoms with Gasteiger partial charge < -0.3 is 10.1 Å². The first-order valence-corrected chi connectivity index (χ1v) is 8.87. The van der Waals surface area contributed by atoms with Gasteiger partial charge in [-0.15, -0.1) is 23.2 Å². The summed E-state index contributed by atoms with van der Waals surface area (Å²) in [4.78, 5) is 16.4. The fraction of sp³-hybridized carbons (Fsp3) is 0.368. The zero-order valence-electron chi connectivity index (χ0n) is 14.1. The molecule has 1 saturated carbocycles. The lowest BCUT2D eigenvalue weighted by molar-refractivity contribution is -0.134. The highest BCUT2D eigenvalue weighted by Crippen LogP contribution is 2.59. The third kappa shape index (κ3) is 4.44. The number of pyridine rings is 1. The number of nitrogens with one attached hydrogen (secondary N) is 1. The molecule has 0 bridgehead atoms. The van der Waals surface area contributed by atoms with Gasteiger partial charge in [0.05, 0.1) is 0 Å². The van der Waals surface area contributed by atoms with Crippen molar-refractivity contribution in [1.29, 1.82) is 0 Å². The predicted octanol–water partition coefficient (Wildman–Crippen LogP) is 4.22. The smallest absolute Gasteiger partial charge is 0.263 e. The van der Waals surface area contributed by atoms with E-state index in [0.717, 1.165) is 17.5 Å². The van der Waals surface area contributed by atoms with Crippen molar-refractivity contribution >= 4 is 29.1 Å². The minimum absolute atomic E-state index is 0.168. The summed E-state index contributed by atoms with van der Waals surface area (Å²) in [6.07, 6.45) is 4.15. The van der Waals surface area contributed by atoms with Crippen LogP contribution in [0.15, 0.2) is 48.8 Å². The molecule has 1 heterocycles. The maximum atomic E-state index is 12.4. The van der Waals surface area contributed by atoms with Gasteiger partial charge in [-0.1, -0.05) is 12.1 Å². The number of amides is 1. The van der Waals surface area contributed by atoms with Crippen LogP contribution in [0.5, 0.6) is 5.75 Å². The lowest BCUT2D eigenvalue weighted by Crippen LogP contribution is -2.46. The molecule has 4 nitrogen and oxygen atoms in total. The molecule has 25 heavy (non-hydrogen) atoms. The number of benzene rings is 1. The number of carbonyl (C=O) groups excluding carboxylic acids is 1. The average Bonchev–Trinajstić information content (AvgIpc) is 3.22. The molecule has 0 unspecified atom stereocenters. The van der Waals surface area contributed by atoms with Crippen LogP contribution in [0.1, 0.15) is 37.3 Å². The van der Waals surface area contributed by atoms with Crippen LogP contribution in [-0.4, -0.2) is 20.8 Å². The standard InChI is InChI=1S/C19H20Cl2N2O2/c1-18(2,17(24)23-12-13-7-9-22-10-8-13)25-15-5-3-14(4-6-15)16-11-19(16,20)21/h3-10,16H,11-12H2,1-2H3,(H,23,24)/t16-/m0/s1. The monoisotopic (exact) mass is 378 g/mol. The number of ether oxygens (including phenoxy) is 1. The van der Waals surface area contributed by atoms with Crippen molar-refractivity contribution in [3.63, 3.8) is 0 Å².